The van der Waals surface area contributed by atoms with Gasteiger partial charge in [0.25, 0.3) is 0 Å². The van der Waals surface area contributed by atoms with Gasteiger partial charge in [0.2, 0.25) is 5.95 Å². The lowest BCUT2D eigenvalue weighted by Gasteiger charge is -2.12. The first-order valence-electron chi connectivity index (χ1n) is 15.7. The molecule has 5 aromatic carbocycles. The molecule has 0 saturated carbocycles. The van der Waals surface area contributed by atoms with Gasteiger partial charge in [-0.05, 0) is 43.7 Å². The fraction of sp³-hybridized carbons (Fsp3) is 0.0750. The number of nitriles is 1. The molecular formula is C40H26N6S. The fourth-order valence-corrected chi connectivity index (χ4v) is 8.08. The molecule has 0 aliphatic heterocycles. The normalized spacial score (nSPS) is 12.8. The molecule has 7 heteroatoms. The average molecular weight is 623 g/mol. The van der Waals surface area contributed by atoms with Crippen LogP contribution in [0, 0.1) is 11.3 Å². The number of nitrogens with zero attached hydrogens (tertiary/aromatic N) is 6. The van der Waals surface area contributed by atoms with Gasteiger partial charge < -0.3 is 0 Å². The zero-order valence-electron chi connectivity index (χ0n) is 25.7. The van der Waals surface area contributed by atoms with Crippen molar-refractivity contribution >= 4 is 87.4 Å². The van der Waals surface area contributed by atoms with Crippen LogP contribution in [0.25, 0.3) is 93.3 Å². The predicted octanol–water partition coefficient (Wildman–Crippen LogP) is 8.57. The number of rotatable bonds is 3. The molecule has 0 atom stereocenters. The Morgan fingerprint density at radius 2 is 1.51 bits per heavy atom. The molecule has 0 bridgehead atoms. The first kappa shape index (κ1) is 27.3. The van der Waals surface area contributed by atoms with Crippen molar-refractivity contribution in [2.24, 2.45) is 0 Å². The lowest BCUT2D eigenvalue weighted by molar-refractivity contribution is 1.02. The Hall–Kier alpha value is -5.97. The van der Waals surface area contributed by atoms with Gasteiger partial charge in [-0.3, -0.25) is 4.57 Å². The molecule has 0 spiro atoms. The molecule has 0 fully saturated rings. The summed E-state index contributed by atoms with van der Waals surface area (Å²) in [6.45, 7) is 4.15. The number of thiophene rings is 1. The molecule has 9 aromatic rings. The Balaban J connectivity index is 1.53. The van der Waals surface area contributed by atoms with Gasteiger partial charge in [-0.25, -0.2) is 19.9 Å². The molecule has 222 valence electrons. The highest BCUT2D eigenvalue weighted by molar-refractivity contribution is 7.27. The maximum Gasteiger partial charge on any atom is 0.235 e. The maximum atomic E-state index is 9.69. The van der Waals surface area contributed by atoms with E-state index < -0.39 is 0 Å². The summed E-state index contributed by atoms with van der Waals surface area (Å²) < 4.78 is 4.52. The van der Waals surface area contributed by atoms with E-state index in [9.17, 15) is 5.26 Å². The second-order valence-electron chi connectivity index (χ2n) is 11.6. The number of para-hydroxylation sites is 2. The minimum atomic E-state index is 0.566. The molecule has 47 heavy (non-hydrogen) atoms. The van der Waals surface area contributed by atoms with Crippen LogP contribution in [0.15, 0.2) is 97.1 Å². The van der Waals surface area contributed by atoms with Gasteiger partial charge in [0.1, 0.15) is 5.52 Å². The van der Waals surface area contributed by atoms with Crippen LogP contribution < -0.4 is 10.7 Å². The summed E-state index contributed by atoms with van der Waals surface area (Å²) in [6.07, 6.45) is 5.07. The van der Waals surface area contributed by atoms with E-state index in [0.29, 0.717) is 11.5 Å². The van der Waals surface area contributed by atoms with Gasteiger partial charge in [0, 0.05) is 37.2 Å². The van der Waals surface area contributed by atoms with Gasteiger partial charge in [0.15, 0.2) is 0 Å². The topological polar surface area (TPSA) is 80.3 Å². The Bertz CT molecular complexity index is 2930. The van der Waals surface area contributed by atoms with Crippen LogP contribution in [-0.2, 0) is 0 Å². The van der Waals surface area contributed by atoms with E-state index in [4.69, 9.17) is 19.9 Å². The number of aromatic nitrogens is 5. The highest BCUT2D eigenvalue weighted by Gasteiger charge is 2.25. The monoisotopic (exact) mass is 622 g/mol. The number of hydrogen-bond acceptors (Lipinski definition) is 6. The molecule has 4 heterocycles. The zero-order valence-corrected chi connectivity index (χ0v) is 26.5. The van der Waals surface area contributed by atoms with Crippen molar-refractivity contribution in [2.75, 3.05) is 0 Å². The van der Waals surface area contributed by atoms with Crippen molar-refractivity contribution in [2.45, 2.75) is 20.3 Å². The van der Waals surface area contributed by atoms with Crippen LogP contribution in [0.1, 0.15) is 25.8 Å². The first-order chi connectivity index (χ1) is 23.2. The molecule has 6 nitrogen and oxygen atoms in total. The SMILES string of the molecule is C/C=c1/nc2c(n/c1=C/CC)c1c3ccccc3sc1c1c2c2ccccc2n1-c1nc(-c2cccc(C#N)c2)c2ccccc2n1. The summed E-state index contributed by atoms with van der Waals surface area (Å²) in [6, 6.07) is 35.0. The van der Waals surface area contributed by atoms with Gasteiger partial charge in [-0.2, -0.15) is 5.26 Å². The molecule has 9 rings (SSSR count). The average Bonchev–Trinajstić information content (AvgIpc) is 3.68. The van der Waals surface area contributed by atoms with Gasteiger partial charge >= 0.3 is 0 Å². The third-order valence-corrected chi connectivity index (χ3v) is 10.0. The van der Waals surface area contributed by atoms with E-state index in [2.05, 4.69) is 72.2 Å². The second kappa shape index (κ2) is 10.5. The van der Waals surface area contributed by atoms with Crippen LogP contribution in [0.5, 0.6) is 0 Å². The van der Waals surface area contributed by atoms with Crippen molar-refractivity contribution in [1.82, 2.24) is 24.5 Å². The van der Waals surface area contributed by atoms with E-state index in [1.165, 1.54) is 4.70 Å². The summed E-state index contributed by atoms with van der Waals surface area (Å²) in [7, 11) is 0. The summed E-state index contributed by atoms with van der Waals surface area (Å²) in [5.41, 5.74) is 6.86. The third kappa shape index (κ3) is 4.02. The van der Waals surface area contributed by atoms with Crippen molar-refractivity contribution < 1.29 is 0 Å². The summed E-state index contributed by atoms with van der Waals surface area (Å²) in [5.74, 6) is 0.566. The quantitative estimate of drug-likeness (QED) is 0.197. The van der Waals surface area contributed by atoms with E-state index in [0.717, 1.165) is 87.6 Å². The first-order valence-corrected chi connectivity index (χ1v) is 16.5. The smallest absolute Gasteiger partial charge is 0.235 e. The molecule has 0 unspecified atom stereocenters. The largest absolute Gasteiger partial charge is 0.276 e. The Morgan fingerprint density at radius 1 is 0.766 bits per heavy atom. The van der Waals surface area contributed by atoms with Gasteiger partial charge in [-0.1, -0.05) is 85.8 Å². The lowest BCUT2D eigenvalue weighted by Crippen LogP contribution is -2.31. The molecule has 0 amide bonds. The maximum absolute atomic E-state index is 9.69. The molecule has 0 aliphatic carbocycles. The summed E-state index contributed by atoms with van der Waals surface area (Å²) >= 11 is 1.77. The number of fused-ring (bicyclic) bond motifs is 11. The van der Waals surface area contributed by atoms with Crippen molar-refractivity contribution in [3.63, 3.8) is 0 Å². The number of hydrogen-bond donors (Lipinski definition) is 0. The standard InChI is InChI=1S/C40H26N6S/c1-3-12-30-28(4-2)42-36-33-26-16-6-9-19-31(26)46(38(33)39-34(37(36)43-30)27-17-7-10-20-32(27)47-39)40-44-29-18-8-5-15-25(29)35(45-40)24-14-11-13-23(21-24)22-41/h4-21H,3H2,1-2H3/b28-4+,30-12+. The number of benzene rings is 5. The highest BCUT2D eigenvalue weighted by Crippen LogP contribution is 2.46. The van der Waals surface area contributed by atoms with Crippen LogP contribution in [0.4, 0.5) is 0 Å². The Labute approximate surface area is 273 Å². The molecule has 4 aromatic heterocycles. The van der Waals surface area contributed by atoms with Crippen LogP contribution in [0.3, 0.4) is 0 Å². The Kier molecular flexibility index (Phi) is 6.14. The third-order valence-electron chi connectivity index (χ3n) is 8.84. The van der Waals surface area contributed by atoms with E-state index >= 15 is 0 Å². The van der Waals surface area contributed by atoms with Crippen LogP contribution in [0.2, 0.25) is 0 Å². The zero-order chi connectivity index (χ0) is 31.6. The Morgan fingerprint density at radius 3 is 2.34 bits per heavy atom. The minimum absolute atomic E-state index is 0.566. The summed E-state index contributed by atoms with van der Waals surface area (Å²) in [5, 5.41) is 16.8. The molecule has 0 saturated heterocycles. The molecule has 0 N–H and O–H groups in total. The minimum Gasteiger partial charge on any atom is -0.276 e. The molecule has 0 aliphatic rings. The van der Waals surface area contributed by atoms with Gasteiger partial charge in [-0.15, -0.1) is 11.3 Å². The predicted molar refractivity (Wildman–Crippen MR) is 194 cm³/mol. The highest BCUT2D eigenvalue weighted by atomic mass is 32.1. The molecular weight excluding hydrogens is 597 g/mol. The van der Waals surface area contributed by atoms with Crippen molar-refractivity contribution in [1.29, 1.82) is 5.26 Å². The summed E-state index contributed by atoms with van der Waals surface area (Å²) in [4.78, 5) is 21.2. The van der Waals surface area contributed by atoms with Crippen LogP contribution in [-0.4, -0.2) is 24.5 Å². The second-order valence-corrected chi connectivity index (χ2v) is 12.6. The fourth-order valence-electron chi connectivity index (χ4n) is 6.84. The van der Waals surface area contributed by atoms with Gasteiger partial charge in [0.05, 0.1) is 54.8 Å². The lowest BCUT2D eigenvalue weighted by atomic mass is 10.0. The van der Waals surface area contributed by atoms with E-state index in [-0.39, 0.29) is 0 Å². The van der Waals surface area contributed by atoms with Crippen molar-refractivity contribution in [3.8, 4) is 23.3 Å². The van der Waals surface area contributed by atoms with E-state index in [1.54, 1.807) is 11.3 Å². The van der Waals surface area contributed by atoms with Crippen molar-refractivity contribution in [3.05, 3.63) is 113 Å². The van der Waals surface area contributed by atoms with E-state index in [1.807, 2.05) is 61.5 Å². The van der Waals surface area contributed by atoms with Crippen LogP contribution >= 0.6 is 11.3 Å². The molecule has 0 radical (unpaired) electrons.